The van der Waals surface area contributed by atoms with Crippen molar-refractivity contribution in [1.29, 1.82) is 0 Å². The van der Waals surface area contributed by atoms with Gasteiger partial charge in [0.1, 0.15) is 22.8 Å². The Hall–Kier alpha value is -1.53. The maximum absolute atomic E-state index is 5.61. The second kappa shape index (κ2) is 7.73. The average molecular weight is 269 g/mol. The van der Waals surface area contributed by atoms with E-state index in [-0.39, 0.29) is 0 Å². The quantitative estimate of drug-likeness (QED) is 0.467. The van der Waals surface area contributed by atoms with E-state index in [1.807, 2.05) is 0 Å². The van der Waals surface area contributed by atoms with Gasteiger partial charge < -0.3 is 14.2 Å². The van der Waals surface area contributed by atoms with Crippen molar-refractivity contribution in [2.75, 3.05) is 27.2 Å². The summed E-state index contributed by atoms with van der Waals surface area (Å²) >= 11 is 5.61. The first-order chi connectivity index (χ1) is 8.76. The lowest BCUT2D eigenvalue weighted by atomic mass is 10.1. The molecule has 0 spiro atoms. The first kappa shape index (κ1) is 14.5. The Morgan fingerprint density at radius 2 is 1.67 bits per heavy atom. The van der Waals surface area contributed by atoms with Gasteiger partial charge in [0.15, 0.2) is 0 Å². The molecule has 0 bridgehead atoms. The normalized spacial score (nSPS) is 9.33. The van der Waals surface area contributed by atoms with Crippen LogP contribution in [0.25, 0.3) is 0 Å². The minimum atomic E-state index is 0.617. The zero-order valence-electron chi connectivity index (χ0n) is 10.9. The van der Waals surface area contributed by atoms with Crippen molar-refractivity contribution in [2.45, 2.75) is 12.8 Å². The predicted molar refractivity (Wildman–Crippen MR) is 72.9 cm³/mol. The molecule has 1 aromatic rings. The zero-order chi connectivity index (χ0) is 13.4. The molecule has 0 saturated heterocycles. The maximum Gasteiger partial charge on any atom is 0.141 e. The Bertz CT molecular complexity index is 421. The molecule has 3 nitrogen and oxygen atoms in total. The Morgan fingerprint density at radius 1 is 1.06 bits per heavy atom. The lowest BCUT2D eigenvalue weighted by Crippen LogP contribution is -1.95. The number of unbranched alkanes of at least 4 members (excludes halogenated alkanes) is 1. The molecule has 18 heavy (non-hydrogen) atoms. The summed E-state index contributed by atoms with van der Waals surface area (Å²) in [5, 5.41) is 0. The van der Waals surface area contributed by atoms with Crippen LogP contribution >= 0.6 is 11.6 Å². The van der Waals surface area contributed by atoms with Crippen LogP contribution < -0.4 is 14.2 Å². The van der Waals surface area contributed by atoms with Gasteiger partial charge in [-0.1, -0.05) is 11.8 Å². The van der Waals surface area contributed by atoms with E-state index >= 15 is 0 Å². The van der Waals surface area contributed by atoms with Crippen molar-refractivity contribution in [3.63, 3.8) is 0 Å². The predicted octanol–water partition coefficient (Wildman–Crippen LogP) is 3.08. The maximum atomic E-state index is 5.61. The third-order valence-electron chi connectivity index (χ3n) is 2.36. The van der Waals surface area contributed by atoms with Gasteiger partial charge in [-0.3, -0.25) is 0 Å². The molecule has 0 unspecified atom stereocenters. The van der Waals surface area contributed by atoms with Crippen molar-refractivity contribution in [1.82, 2.24) is 0 Å². The van der Waals surface area contributed by atoms with Gasteiger partial charge in [-0.2, -0.15) is 0 Å². The van der Waals surface area contributed by atoms with Crippen molar-refractivity contribution in [2.24, 2.45) is 0 Å². The van der Waals surface area contributed by atoms with Crippen LogP contribution in [0.15, 0.2) is 12.1 Å². The van der Waals surface area contributed by atoms with Crippen molar-refractivity contribution < 1.29 is 14.2 Å². The molecule has 0 atom stereocenters. The standard InChI is InChI=1S/C14H17ClO3/c1-16-11-9-13(17-2)12(14(10-11)18-3)7-5-4-6-8-15/h9-10H,4,6,8H2,1-3H3. The van der Waals surface area contributed by atoms with Gasteiger partial charge in [0.2, 0.25) is 0 Å². The fourth-order valence-corrected chi connectivity index (χ4v) is 1.57. The van der Waals surface area contributed by atoms with Crippen molar-refractivity contribution >= 4 is 11.6 Å². The highest BCUT2D eigenvalue weighted by molar-refractivity contribution is 6.17. The smallest absolute Gasteiger partial charge is 0.141 e. The summed E-state index contributed by atoms with van der Waals surface area (Å²) < 4.78 is 15.8. The molecule has 0 heterocycles. The molecule has 0 radical (unpaired) electrons. The number of methoxy groups -OCH3 is 3. The van der Waals surface area contributed by atoms with E-state index in [1.165, 1.54) is 0 Å². The van der Waals surface area contributed by atoms with E-state index in [2.05, 4.69) is 11.8 Å². The van der Waals surface area contributed by atoms with Gasteiger partial charge >= 0.3 is 0 Å². The summed E-state index contributed by atoms with van der Waals surface area (Å²) in [6.45, 7) is 0. The lowest BCUT2D eigenvalue weighted by molar-refractivity contribution is 0.374. The van der Waals surface area contributed by atoms with Crippen molar-refractivity contribution in [3.8, 4) is 29.1 Å². The third kappa shape index (κ3) is 3.75. The fourth-order valence-electron chi connectivity index (χ4n) is 1.43. The molecule has 0 saturated carbocycles. The lowest BCUT2D eigenvalue weighted by Gasteiger charge is -2.11. The van der Waals surface area contributed by atoms with Gasteiger partial charge in [0.05, 0.1) is 21.3 Å². The van der Waals surface area contributed by atoms with E-state index in [0.29, 0.717) is 23.1 Å². The Labute approximate surface area is 113 Å². The highest BCUT2D eigenvalue weighted by Crippen LogP contribution is 2.33. The number of alkyl halides is 1. The summed E-state index contributed by atoms with van der Waals surface area (Å²) in [5.74, 6) is 8.69. The molecule has 0 fully saturated rings. The van der Waals surface area contributed by atoms with Gasteiger partial charge in [-0.05, 0) is 6.42 Å². The van der Waals surface area contributed by atoms with E-state index in [4.69, 9.17) is 25.8 Å². The number of hydrogen-bond acceptors (Lipinski definition) is 3. The van der Waals surface area contributed by atoms with E-state index in [9.17, 15) is 0 Å². The third-order valence-corrected chi connectivity index (χ3v) is 2.63. The number of rotatable bonds is 5. The molecular weight excluding hydrogens is 252 g/mol. The number of benzene rings is 1. The first-order valence-corrected chi connectivity index (χ1v) is 6.15. The molecule has 0 aliphatic carbocycles. The van der Waals surface area contributed by atoms with Gasteiger partial charge in [0.25, 0.3) is 0 Å². The Morgan fingerprint density at radius 3 is 2.11 bits per heavy atom. The zero-order valence-corrected chi connectivity index (χ0v) is 11.6. The topological polar surface area (TPSA) is 27.7 Å². The van der Waals surface area contributed by atoms with Gasteiger partial charge in [0, 0.05) is 24.4 Å². The summed E-state index contributed by atoms with van der Waals surface area (Å²) in [7, 11) is 4.79. The minimum Gasteiger partial charge on any atom is -0.496 e. The molecular formula is C14H17ClO3. The van der Waals surface area contributed by atoms with Crippen LogP contribution in [0.5, 0.6) is 17.2 Å². The molecule has 0 aromatic heterocycles. The number of ether oxygens (including phenoxy) is 3. The molecule has 0 amide bonds. The summed E-state index contributed by atoms with van der Waals surface area (Å²) in [6.07, 6.45) is 1.62. The monoisotopic (exact) mass is 268 g/mol. The number of halogens is 1. The second-order valence-corrected chi connectivity index (χ2v) is 3.88. The second-order valence-electron chi connectivity index (χ2n) is 3.50. The van der Waals surface area contributed by atoms with Crippen LogP contribution in [0.1, 0.15) is 18.4 Å². The van der Waals surface area contributed by atoms with Crippen LogP contribution in [0.4, 0.5) is 0 Å². The molecule has 98 valence electrons. The molecule has 0 N–H and O–H groups in total. The molecule has 0 aliphatic heterocycles. The van der Waals surface area contributed by atoms with Gasteiger partial charge in [-0.15, -0.1) is 11.6 Å². The highest BCUT2D eigenvalue weighted by Gasteiger charge is 2.10. The van der Waals surface area contributed by atoms with Crippen molar-refractivity contribution in [3.05, 3.63) is 17.7 Å². The van der Waals surface area contributed by atoms with E-state index in [1.54, 1.807) is 33.5 Å². The van der Waals surface area contributed by atoms with E-state index < -0.39 is 0 Å². The van der Waals surface area contributed by atoms with E-state index in [0.717, 1.165) is 18.4 Å². The molecule has 1 rings (SSSR count). The average Bonchev–Trinajstić information content (AvgIpc) is 2.42. The SMILES string of the molecule is COc1cc(OC)c(C#CCCCCl)c(OC)c1. The highest BCUT2D eigenvalue weighted by atomic mass is 35.5. The molecule has 1 aromatic carbocycles. The first-order valence-electron chi connectivity index (χ1n) is 5.61. The minimum absolute atomic E-state index is 0.617. The summed E-state index contributed by atoms with van der Waals surface area (Å²) in [6, 6.07) is 3.57. The molecule has 4 heteroatoms. The fraction of sp³-hybridized carbons (Fsp3) is 0.429. The Balaban J connectivity index is 3.09. The van der Waals surface area contributed by atoms with Gasteiger partial charge in [-0.25, -0.2) is 0 Å². The van der Waals surface area contributed by atoms with Crippen LogP contribution in [0, 0.1) is 11.8 Å². The van der Waals surface area contributed by atoms with Crippen LogP contribution in [-0.4, -0.2) is 27.2 Å². The van der Waals surface area contributed by atoms with Crippen LogP contribution in [-0.2, 0) is 0 Å². The van der Waals surface area contributed by atoms with Crippen LogP contribution in [0.3, 0.4) is 0 Å². The summed E-state index contributed by atoms with van der Waals surface area (Å²) in [5.41, 5.74) is 0.732. The molecule has 0 aliphatic rings. The number of hydrogen-bond donors (Lipinski definition) is 0. The summed E-state index contributed by atoms with van der Waals surface area (Å²) in [4.78, 5) is 0. The Kier molecular flexibility index (Phi) is 6.24. The van der Waals surface area contributed by atoms with Crippen LogP contribution in [0.2, 0.25) is 0 Å². The largest absolute Gasteiger partial charge is 0.496 e.